The Hall–Kier alpha value is -2.01. The number of nitrogens with two attached hydrogens (primary N) is 2. The summed E-state index contributed by atoms with van der Waals surface area (Å²) in [4.78, 5) is 4.03. The molecule has 0 spiro atoms. The molecule has 2 rings (SSSR count). The molecule has 100 valence electrons. The molecule has 2 aromatic rings. The van der Waals surface area contributed by atoms with Crippen molar-refractivity contribution in [3.63, 3.8) is 0 Å². The number of hydrogen-bond acceptors (Lipinski definition) is 3. The van der Waals surface area contributed by atoms with E-state index in [9.17, 15) is 8.78 Å². The fourth-order valence-corrected chi connectivity index (χ4v) is 1.99. The van der Waals surface area contributed by atoms with Crippen LogP contribution >= 0.6 is 0 Å². The Morgan fingerprint density at radius 1 is 1.16 bits per heavy atom. The maximum absolute atomic E-state index is 13.1. The second kappa shape index (κ2) is 5.32. The van der Waals surface area contributed by atoms with Crippen LogP contribution in [0.2, 0.25) is 0 Å². The maximum atomic E-state index is 13.1. The summed E-state index contributed by atoms with van der Waals surface area (Å²) in [5, 5.41) is 0. The molecule has 0 saturated carbocycles. The van der Waals surface area contributed by atoms with Crippen LogP contribution in [0.1, 0.15) is 22.7 Å². The maximum Gasteiger partial charge on any atom is 0.128 e. The monoisotopic (exact) mass is 263 g/mol. The van der Waals surface area contributed by atoms with Gasteiger partial charge in [-0.15, -0.1) is 0 Å². The summed E-state index contributed by atoms with van der Waals surface area (Å²) in [7, 11) is 0. The summed E-state index contributed by atoms with van der Waals surface area (Å²) in [6.45, 7) is 1.88. The molecule has 4 N–H and O–H groups in total. The van der Waals surface area contributed by atoms with Gasteiger partial charge in [-0.05, 0) is 42.7 Å². The number of benzene rings is 1. The van der Waals surface area contributed by atoms with E-state index in [1.807, 2.05) is 13.0 Å². The molecule has 19 heavy (non-hydrogen) atoms. The Labute approximate surface area is 110 Å². The third-order valence-corrected chi connectivity index (χ3v) is 2.86. The standard InChI is InChI=1S/C14H15F2N3/c1-8-2-12(14(18)19-7-8)13(17)5-9-3-10(15)6-11(16)4-9/h2-4,6-7,13H,5,17H2,1H3,(H2,18,19). The van der Waals surface area contributed by atoms with Crippen LogP contribution in [-0.2, 0) is 6.42 Å². The third-order valence-electron chi connectivity index (χ3n) is 2.86. The highest BCUT2D eigenvalue weighted by atomic mass is 19.1. The number of nitrogens with zero attached hydrogens (tertiary/aromatic N) is 1. The lowest BCUT2D eigenvalue weighted by atomic mass is 9.99. The average molecular weight is 263 g/mol. The summed E-state index contributed by atoms with van der Waals surface area (Å²) in [6.07, 6.45) is 1.94. The van der Waals surface area contributed by atoms with Crippen molar-refractivity contribution in [1.82, 2.24) is 4.98 Å². The molecule has 0 aliphatic heterocycles. The van der Waals surface area contributed by atoms with Gasteiger partial charge in [0.1, 0.15) is 17.5 Å². The molecule has 0 fully saturated rings. The van der Waals surface area contributed by atoms with E-state index in [0.717, 1.165) is 11.6 Å². The fraction of sp³-hybridized carbons (Fsp3) is 0.214. The van der Waals surface area contributed by atoms with Gasteiger partial charge in [0.15, 0.2) is 0 Å². The number of aryl methyl sites for hydroxylation is 1. The van der Waals surface area contributed by atoms with Crippen molar-refractivity contribution in [1.29, 1.82) is 0 Å². The molecule has 1 heterocycles. The van der Waals surface area contributed by atoms with E-state index in [2.05, 4.69) is 4.98 Å². The number of halogens is 2. The molecule has 1 aromatic carbocycles. The summed E-state index contributed by atoms with van der Waals surface area (Å²) >= 11 is 0. The Kier molecular flexibility index (Phi) is 3.76. The first-order valence-electron chi connectivity index (χ1n) is 5.88. The number of pyridine rings is 1. The van der Waals surface area contributed by atoms with Crippen LogP contribution in [0.5, 0.6) is 0 Å². The van der Waals surface area contributed by atoms with Crippen LogP contribution in [0.3, 0.4) is 0 Å². The van der Waals surface area contributed by atoms with E-state index in [4.69, 9.17) is 11.5 Å². The zero-order valence-corrected chi connectivity index (χ0v) is 10.5. The summed E-state index contributed by atoms with van der Waals surface area (Å²) in [5.74, 6) is -0.884. The smallest absolute Gasteiger partial charge is 0.128 e. The van der Waals surface area contributed by atoms with Crippen molar-refractivity contribution in [3.05, 3.63) is 58.8 Å². The van der Waals surface area contributed by atoms with Gasteiger partial charge in [-0.25, -0.2) is 13.8 Å². The summed E-state index contributed by atoms with van der Waals surface area (Å²) in [5.41, 5.74) is 13.9. The summed E-state index contributed by atoms with van der Waals surface area (Å²) in [6, 6.07) is 4.75. The number of aromatic nitrogens is 1. The van der Waals surface area contributed by atoms with Crippen LogP contribution in [0, 0.1) is 18.6 Å². The molecule has 1 aromatic heterocycles. The molecule has 3 nitrogen and oxygen atoms in total. The van der Waals surface area contributed by atoms with Gasteiger partial charge in [0.25, 0.3) is 0 Å². The second-order valence-electron chi connectivity index (χ2n) is 4.58. The minimum atomic E-state index is -0.613. The quantitative estimate of drug-likeness (QED) is 0.894. The topological polar surface area (TPSA) is 64.9 Å². The van der Waals surface area contributed by atoms with E-state index in [1.54, 1.807) is 6.20 Å². The molecule has 1 unspecified atom stereocenters. The lowest BCUT2D eigenvalue weighted by Gasteiger charge is -2.14. The molecular weight excluding hydrogens is 248 g/mol. The Morgan fingerprint density at radius 3 is 2.42 bits per heavy atom. The first-order valence-corrected chi connectivity index (χ1v) is 5.88. The van der Waals surface area contributed by atoms with E-state index < -0.39 is 17.7 Å². The highest BCUT2D eigenvalue weighted by Crippen LogP contribution is 2.22. The van der Waals surface area contributed by atoms with Crippen LogP contribution in [0.4, 0.5) is 14.6 Å². The number of hydrogen-bond donors (Lipinski definition) is 2. The van der Waals surface area contributed by atoms with E-state index in [-0.39, 0.29) is 0 Å². The molecule has 5 heteroatoms. The Bertz CT molecular complexity index is 579. The van der Waals surface area contributed by atoms with Gasteiger partial charge in [-0.1, -0.05) is 0 Å². The predicted octanol–water partition coefficient (Wildman–Crippen LogP) is 2.49. The number of anilines is 1. The Morgan fingerprint density at radius 2 is 1.79 bits per heavy atom. The van der Waals surface area contributed by atoms with Crippen molar-refractivity contribution < 1.29 is 8.78 Å². The lowest BCUT2D eigenvalue weighted by molar-refractivity contribution is 0.576. The molecule has 0 aliphatic rings. The number of rotatable bonds is 3. The van der Waals surface area contributed by atoms with Gasteiger partial charge in [-0.3, -0.25) is 0 Å². The van der Waals surface area contributed by atoms with E-state index >= 15 is 0 Å². The van der Waals surface area contributed by atoms with Crippen molar-refractivity contribution >= 4 is 5.82 Å². The van der Waals surface area contributed by atoms with Crippen LogP contribution in [-0.4, -0.2) is 4.98 Å². The SMILES string of the molecule is Cc1cnc(N)c(C(N)Cc2cc(F)cc(F)c2)c1. The van der Waals surface area contributed by atoms with Crippen molar-refractivity contribution in [2.24, 2.45) is 5.73 Å². The van der Waals surface area contributed by atoms with Crippen LogP contribution in [0.15, 0.2) is 30.5 Å². The van der Waals surface area contributed by atoms with Gasteiger partial charge in [0, 0.05) is 23.9 Å². The zero-order chi connectivity index (χ0) is 14.0. The first-order chi connectivity index (χ1) is 8.95. The summed E-state index contributed by atoms with van der Waals surface area (Å²) < 4.78 is 26.2. The van der Waals surface area contributed by atoms with Gasteiger partial charge in [-0.2, -0.15) is 0 Å². The van der Waals surface area contributed by atoms with Crippen LogP contribution in [0.25, 0.3) is 0 Å². The predicted molar refractivity (Wildman–Crippen MR) is 70.4 cm³/mol. The van der Waals surface area contributed by atoms with Gasteiger partial charge in [0.2, 0.25) is 0 Å². The van der Waals surface area contributed by atoms with Gasteiger partial charge >= 0.3 is 0 Å². The molecule has 0 radical (unpaired) electrons. The zero-order valence-electron chi connectivity index (χ0n) is 10.5. The molecule has 0 aliphatic carbocycles. The molecule has 0 amide bonds. The van der Waals surface area contributed by atoms with Crippen molar-refractivity contribution in [2.75, 3.05) is 5.73 Å². The average Bonchev–Trinajstić information content (AvgIpc) is 2.30. The van der Waals surface area contributed by atoms with E-state index in [0.29, 0.717) is 23.4 Å². The van der Waals surface area contributed by atoms with Crippen molar-refractivity contribution in [2.45, 2.75) is 19.4 Å². The second-order valence-corrected chi connectivity index (χ2v) is 4.58. The highest BCUT2D eigenvalue weighted by molar-refractivity contribution is 5.43. The first kappa shape index (κ1) is 13.4. The fourth-order valence-electron chi connectivity index (χ4n) is 1.99. The highest BCUT2D eigenvalue weighted by Gasteiger charge is 2.13. The van der Waals surface area contributed by atoms with Crippen molar-refractivity contribution in [3.8, 4) is 0 Å². The van der Waals surface area contributed by atoms with E-state index in [1.165, 1.54) is 12.1 Å². The minimum Gasteiger partial charge on any atom is -0.383 e. The number of nitrogen functional groups attached to an aromatic ring is 1. The normalized spacial score (nSPS) is 12.4. The molecular formula is C14H15F2N3. The van der Waals surface area contributed by atoms with Crippen LogP contribution < -0.4 is 11.5 Å². The van der Waals surface area contributed by atoms with Gasteiger partial charge in [0.05, 0.1) is 0 Å². The molecule has 0 saturated heterocycles. The lowest BCUT2D eigenvalue weighted by Crippen LogP contribution is -2.16. The Balaban J connectivity index is 2.25. The molecule has 0 bridgehead atoms. The van der Waals surface area contributed by atoms with Gasteiger partial charge < -0.3 is 11.5 Å². The third kappa shape index (κ3) is 3.26. The largest absolute Gasteiger partial charge is 0.383 e. The molecule has 1 atom stereocenters. The minimum absolute atomic E-state index is 0.296.